The van der Waals surface area contributed by atoms with Gasteiger partial charge in [0, 0.05) is 24.9 Å². The first-order valence-corrected chi connectivity index (χ1v) is 11.8. The van der Waals surface area contributed by atoms with E-state index in [1.807, 2.05) is 6.07 Å². The normalized spacial score (nSPS) is 11.6. The van der Waals surface area contributed by atoms with Gasteiger partial charge in [-0.15, -0.1) is 5.10 Å². The molecule has 1 radical (unpaired) electrons. The second kappa shape index (κ2) is 8.51. The number of halogens is 1. The van der Waals surface area contributed by atoms with Crippen LogP contribution >= 0.6 is 15.9 Å². The number of unbranched alkanes of at least 4 members (excludes halogenated alkanes) is 2. The maximum atomic E-state index is 4.06. The van der Waals surface area contributed by atoms with E-state index in [1.165, 1.54) is 52.4 Å². The zero-order valence-corrected chi connectivity index (χ0v) is 19.9. The van der Waals surface area contributed by atoms with Crippen LogP contribution in [0.2, 0.25) is 0 Å². The van der Waals surface area contributed by atoms with Crippen LogP contribution in [0.1, 0.15) is 37.6 Å². The number of hydrogen-bond donors (Lipinski definition) is 0. The summed E-state index contributed by atoms with van der Waals surface area (Å²) in [7, 11) is 2.18. The van der Waals surface area contributed by atoms with Crippen LogP contribution < -0.4 is 0 Å². The minimum absolute atomic E-state index is 0.508. The maximum Gasteiger partial charge on any atom is 0.157 e. The molecular formula is C26H25BrN5. The third-order valence-corrected chi connectivity index (χ3v) is 7.04. The Morgan fingerprint density at radius 2 is 1.84 bits per heavy atom. The van der Waals surface area contributed by atoms with E-state index in [0.29, 0.717) is 5.82 Å². The fourth-order valence-electron chi connectivity index (χ4n) is 4.63. The molecule has 0 atom stereocenters. The lowest BCUT2D eigenvalue weighted by Gasteiger charge is -2.12. The van der Waals surface area contributed by atoms with E-state index < -0.39 is 0 Å². The summed E-state index contributed by atoms with van der Waals surface area (Å²) in [4.78, 5) is 0. The van der Waals surface area contributed by atoms with Crippen molar-refractivity contribution < 1.29 is 0 Å². The van der Waals surface area contributed by atoms with E-state index in [0.717, 1.165) is 22.0 Å². The zero-order valence-electron chi connectivity index (χ0n) is 18.3. The lowest BCUT2D eigenvalue weighted by Crippen LogP contribution is -2.01. The van der Waals surface area contributed by atoms with Crippen LogP contribution in [0.5, 0.6) is 0 Å². The minimum atomic E-state index is 0.508. The summed E-state index contributed by atoms with van der Waals surface area (Å²) in [5.74, 6) is 0.508. The van der Waals surface area contributed by atoms with Crippen molar-refractivity contribution in [2.45, 2.75) is 32.6 Å². The van der Waals surface area contributed by atoms with Crippen molar-refractivity contribution in [3.63, 3.8) is 0 Å². The van der Waals surface area contributed by atoms with Crippen LogP contribution in [-0.4, -0.2) is 24.8 Å². The molecule has 32 heavy (non-hydrogen) atoms. The Bertz CT molecular complexity index is 1430. The molecule has 2 heterocycles. The Balaban J connectivity index is 1.66. The lowest BCUT2D eigenvalue weighted by atomic mass is 9.98. The fourth-order valence-corrected chi connectivity index (χ4v) is 5.29. The molecule has 0 unspecified atom stereocenters. The molecule has 6 heteroatoms. The molecule has 5 nitrogen and oxygen atoms in total. The fraction of sp³-hybridized carbons (Fsp3) is 0.231. The standard InChI is InChI=1S/C26H25BrN5/c1-4-5-6-10-22-21-9-7-8-11-23(21)31(3)26(22)19-12-14-20-18(16-19)13-15-24(25(20)27)32-17(2)28-29-30-32/h7-9,11-16H,2,4-6,10H2,1,3H3. The molecule has 5 rings (SSSR count). The van der Waals surface area contributed by atoms with Gasteiger partial charge in [-0.2, -0.15) is 4.68 Å². The van der Waals surface area contributed by atoms with Crippen LogP contribution in [-0.2, 0) is 13.5 Å². The van der Waals surface area contributed by atoms with E-state index in [2.05, 4.69) is 105 Å². The van der Waals surface area contributed by atoms with Gasteiger partial charge in [-0.05, 0) is 79.3 Å². The van der Waals surface area contributed by atoms with Gasteiger partial charge in [-0.3, -0.25) is 0 Å². The molecule has 0 aliphatic carbocycles. The van der Waals surface area contributed by atoms with Crippen LogP contribution in [0.3, 0.4) is 0 Å². The van der Waals surface area contributed by atoms with Gasteiger partial charge in [0.05, 0.1) is 15.9 Å². The maximum absolute atomic E-state index is 4.06. The van der Waals surface area contributed by atoms with Gasteiger partial charge >= 0.3 is 0 Å². The van der Waals surface area contributed by atoms with E-state index in [-0.39, 0.29) is 0 Å². The minimum Gasteiger partial charge on any atom is -0.343 e. The molecule has 0 bridgehead atoms. The summed E-state index contributed by atoms with van der Waals surface area (Å²) in [6.45, 7) is 6.16. The van der Waals surface area contributed by atoms with E-state index in [4.69, 9.17) is 0 Å². The zero-order chi connectivity index (χ0) is 22.2. The molecule has 0 aliphatic rings. The third kappa shape index (κ3) is 3.43. The second-order valence-corrected chi connectivity index (χ2v) is 8.99. The van der Waals surface area contributed by atoms with E-state index in [1.54, 1.807) is 4.68 Å². The number of rotatable bonds is 6. The average Bonchev–Trinajstić information content (AvgIpc) is 3.35. The summed E-state index contributed by atoms with van der Waals surface area (Å²) < 4.78 is 4.95. The van der Waals surface area contributed by atoms with Gasteiger partial charge in [0.1, 0.15) is 0 Å². The monoisotopic (exact) mass is 486 g/mol. The highest BCUT2D eigenvalue weighted by molar-refractivity contribution is 9.10. The van der Waals surface area contributed by atoms with Crippen LogP contribution in [0.25, 0.3) is 38.6 Å². The number of hydrogen-bond acceptors (Lipinski definition) is 3. The van der Waals surface area contributed by atoms with Gasteiger partial charge < -0.3 is 4.57 Å². The van der Waals surface area contributed by atoms with Crippen molar-refractivity contribution in [1.82, 2.24) is 24.8 Å². The summed E-state index contributed by atoms with van der Waals surface area (Å²) in [6, 6.07) is 19.6. The predicted molar refractivity (Wildman–Crippen MR) is 134 cm³/mol. The van der Waals surface area contributed by atoms with Crippen molar-refractivity contribution >= 4 is 37.6 Å². The molecule has 0 spiro atoms. The van der Waals surface area contributed by atoms with E-state index >= 15 is 0 Å². The van der Waals surface area contributed by atoms with Gasteiger partial charge in [0.25, 0.3) is 0 Å². The highest BCUT2D eigenvalue weighted by atomic mass is 79.9. The molecule has 0 aliphatic heterocycles. The Morgan fingerprint density at radius 1 is 1.00 bits per heavy atom. The van der Waals surface area contributed by atoms with Gasteiger partial charge in [0.15, 0.2) is 5.82 Å². The largest absolute Gasteiger partial charge is 0.343 e. The molecule has 3 aromatic carbocycles. The summed E-state index contributed by atoms with van der Waals surface area (Å²) >= 11 is 3.77. The SMILES string of the molecule is [CH2]c1nnnn1-c1ccc2cc(-c3c(CCCCC)c4ccccc4n3C)ccc2c1Br. The number of aryl methyl sites for hydroxylation is 2. The van der Waals surface area contributed by atoms with Gasteiger partial charge in [-0.25, -0.2) is 0 Å². The van der Waals surface area contributed by atoms with E-state index in [9.17, 15) is 0 Å². The molecule has 0 saturated heterocycles. The van der Waals surface area contributed by atoms with Gasteiger partial charge in [0.2, 0.25) is 0 Å². The first-order chi connectivity index (χ1) is 15.6. The average molecular weight is 487 g/mol. The van der Waals surface area contributed by atoms with Crippen LogP contribution in [0.4, 0.5) is 0 Å². The van der Waals surface area contributed by atoms with Gasteiger partial charge in [-0.1, -0.05) is 56.2 Å². The van der Waals surface area contributed by atoms with Crippen LogP contribution in [0, 0.1) is 6.92 Å². The summed E-state index contributed by atoms with van der Waals surface area (Å²) in [5.41, 5.74) is 6.16. The van der Waals surface area contributed by atoms with Crippen molar-refractivity contribution in [2.24, 2.45) is 7.05 Å². The number of para-hydroxylation sites is 1. The smallest absolute Gasteiger partial charge is 0.157 e. The topological polar surface area (TPSA) is 48.5 Å². The Kier molecular flexibility index (Phi) is 5.55. The quantitative estimate of drug-likeness (QED) is 0.252. The number of tetrazole rings is 1. The number of aromatic nitrogens is 5. The lowest BCUT2D eigenvalue weighted by molar-refractivity contribution is 0.719. The Hall–Kier alpha value is -2.99. The molecule has 2 aromatic heterocycles. The van der Waals surface area contributed by atoms with Crippen molar-refractivity contribution in [3.8, 4) is 16.9 Å². The third-order valence-electron chi connectivity index (χ3n) is 6.21. The first kappa shape index (κ1) is 20.9. The number of benzene rings is 3. The highest BCUT2D eigenvalue weighted by Crippen LogP contribution is 2.37. The van der Waals surface area contributed by atoms with Crippen molar-refractivity contribution in [1.29, 1.82) is 0 Å². The summed E-state index contributed by atoms with van der Waals surface area (Å²) in [6.07, 6.45) is 4.78. The molecular weight excluding hydrogens is 462 g/mol. The first-order valence-electron chi connectivity index (χ1n) is 11.0. The number of fused-ring (bicyclic) bond motifs is 2. The number of nitrogens with zero attached hydrogens (tertiary/aromatic N) is 5. The predicted octanol–water partition coefficient (Wildman–Crippen LogP) is 6.65. The molecule has 161 valence electrons. The Labute approximate surface area is 196 Å². The molecule has 5 aromatic rings. The Morgan fingerprint density at radius 3 is 2.62 bits per heavy atom. The molecule has 0 saturated carbocycles. The molecule has 0 fully saturated rings. The van der Waals surface area contributed by atoms with Crippen LogP contribution in [0.15, 0.2) is 59.1 Å². The highest BCUT2D eigenvalue weighted by Gasteiger charge is 2.17. The van der Waals surface area contributed by atoms with Crippen molar-refractivity contribution in [3.05, 3.63) is 77.4 Å². The van der Waals surface area contributed by atoms with Crippen molar-refractivity contribution in [2.75, 3.05) is 0 Å². The molecule has 0 N–H and O–H groups in total. The summed E-state index contributed by atoms with van der Waals surface area (Å²) in [5, 5.41) is 15.3. The molecule has 0 amide bonds. The second-order valence-electron chi connectivity index (χ2n) is 8.20.